The Hall–Kier alpha value is -2.94. The van der Waals surface area contributed by atoms with Crippen molar-refractivity contribution < 1.29 is 37.9 Å². The number of halogens is 2. The molecule has 4 rings (SSSR count). The Labute approximate surface area is 286 Å². The van der Waals surface area contributed by atoms with Gasteiger partial charge in [-0.3, -0.25) is 0 Å². The molecule has 0 N–H and O–H groups in total. The van der Waals surface area contributed by atoms with E-state index < -0.39 is 12.2 Å². The molecule has 0 bridgehead atoms. The molecule has 0 spiro atoms. The summed E-state index contributed by atoms with van der Waals surface area (Å²) in [7, 11) is 6.44. The highest BCUT2D eigenvalue weighted by Crippen LogP contribution is 2.38. The van der Waals surface area contributed by atoms with Crippen LogP contribution in [0.4, 0.5) is 0 Å². The third-order valence-electron chi connectivity index (χ3n) is 6.63. The van der Waals surface area contributed by atoms with Gasteiger partial charge in [-0.15, -0.1) is 0 Å². The van der Waals surface area contributed by atoms with E-state index in [4.69, 9.17) is 37.9 Å². The molecule has 0 unspecified atom stereocenters. The van der Waals surface area contributed by atoms with Gasteiger partial charge < -0.3 is 37.9 Å². The summed E-state index contributed by atoms with van der Waals surface area (Å²) in [6.07, 6.45) is -1.21. The van der Waals surface area contributed by atoms with Crippen LogP contribution in [0.2, 0.25) is 0 Å². The number of rotatable bonds is 17. The van der Waals surface area contributed by atoms with Gasteiger partial charge in [-0.25, -0.2) is 0 Å². The van der Waals surface area contributed by atoms with Crippen LogP contribution in [-0.2, 0) is 22.7 Å². The fourth-order valence-electron chi connectivity index (χ4n) is 4.30. The van der Waals surface area contributed by atoms with Crippen LogP contribution < -0.4 is 28.4 Å². The van der Waals surface area contributed by atoms with Crippen LogP contribution in [0.15, 0.2) is 84.9 Å². The molecule has 0 aliphatic carbocycles. The van der Waals surface area contributed by atoms with Gasteiger partial charge in [0.15, 0.2) is 12.2 Å². The molecular formula is C34H36I2O8. The van der Waals surface area contributed by atoms with Crippen LogP contribution in [0.3, 0.4) is 0 Å². The zero-order valence-corrected chi connectivity index (χ0v) is 29.4. The van der Waals surface area contributed by atoms with Crippen LogP contribution in [0.5, 0.6) is 34.5 Å². The summed E-state index contributed by atoms with van der Waals surface area (Å²) in [5, 5.41) is 0. The number of benzene rings is 4. The van der Waals surface area contributed by atoms with E-state index in [2.05, 4.69) is 45.2 Å². The average Bonchev–Trinajstić information content (AvgIpc) is 3.06. The van der Waals surface area contributed by atoms with Crippen molar-refractivity contribution in [3.8, 4) is 34.5 Å². The second-order valence-electron chi connectivity index (χ2n) is 9.60. The van der Waals surface area contributed by atoms with Crippen LogP contribution in [0, 0.1) is 7.14 Å². The second kappa shape index (κ2) is 17.5. The van der Waals surface area contributed by atoms with Gasteiger partial charge in [-0.2, -0.15) is 0 Å². The lowest BCUT2D eigenvalue weighted by Crippen LogP contribution is -2.43. The zero-order valence-electron chi connectivity index (χ0n) is 25.1. The standard InChI is InChI=1S/C34H36I2O8/c1-37-25-15-27(39-3)33(35)29(17-25)43-31(21-41-19-23-11-7-5-8-12-23)32(22-42-20-24-13-9-6-10-14-24)44-30-18-26(38-2)16-28(40-4)34(30)36/h5-18,31-32H,19-22H2,1-4H3/t31-,32-/m0/s1. The van der Waals surface area contributed by atoms with Crippen molar-refractivity contribution >= 4 is 45.2 Å². The van der Waals surface area contributed by atoms with Gasteiger partial charge in [0.2, 0.25) is 0 Å². The van der Waals surface area contributed by atoms with Crippen molar-refractivity contribution in [3.63, 3.8) is 0 Å². The van der Waals surface area contributed by atoms with E-state index >= 15 is 0 Å². The molecule has 0 saturated carbocycles. The maximum absolute atomic E-state index is 6.70. The molecule has 0 radical (unpaired) electrons. The lowest BCUT2D eigenvalue weighted by atomic mass is 10.2. The first-order valence-electron chi connectivity index (χ1n) is 13.8. The molecule has 44 heavy (non-hydrogen) atoms. The smallest absolute Gasteiger partial charge is 0.161 e. The minimum atomic E-state index is -0.604. The largest absolute Gasteiger partial charge is 0.496 e. The number of ether oxygens (including phenoxy) is 8. The highest BCUT2D eigenvalue weighted by atomic mass is 127. The molecule has 0 amide bonds. The highest BCUT2D eigenvalue weighted by molar-refractivity contribution is 14.1. The minimum absolute atomic E-state index is 0.210. The van der Waals surface area contributed by atoms with E-state index in [1.807, 2.05) is 84.9 Å². The lowest BCUT2D eigenvalue weighted by molar-refractivity contribution is -0.0551. The molecule has 0 heterocycles. The summed E-state index contributed by atoms with van der Waals surface area (Å²) < 4.78 is 49.7. The SMILES string of the molecule is COc1cc(OC)c(I)c(O[C@@H](COCc2ccccc2)[C@H](COCc2ccccc2)Oc2cc(OC)cc(OC)c2I)c1. The third-order valence-corrected chi connectivity index (χ3v) is 8.76. The topological polar surface area (TPSA) is 73.8 Å². The lowest BCUT2D eigenvalue weighted by Gasteiger charge is -2.30. The highest BCUT2D eigenvalue weighted by Gasteiger charge is 2.30. The molecule has 8 nitrogen and oxygen atoms in total. The van der Waals surface area contributed by atoms with E-state index in [1.165, 1.54) is 0 Å². The summed E-state index contributed by atoms with van der Waals surface area (Å²) in [4.78, 5) is 0. The van der Waals surface area contributed by atoms with Gasteiger partial charge in [-0.1, -0.05) is 60.7 Å². The molecule has 2 atom stereocenters. The number of hydrogen-bond donors (Lipinski definition) is 0. The Morgan fingerprint density at radius 3 is 1.20 bits per heavy atom. The van der Waals surface area contributed by atoms with Gasteiger partial charge in [0.25, 0.3) is 0 Å². The van der Waals surface area contributed by atoms with Gasteiger partial charge in [-0.05, 0) is 56.3 Å². The van der Waals surface area contributed by atoms with Gasteiger partial charge in [0.05, 0.1) is 62.0 Å². The molecule has 0 aromatic heterocycles. The first-order chi connectivity index (χ1) is 21.4. The Kier molecular flexibility index (Phi) is 13.5. The van der Waals surface area contributed by atoms with Gasteiger partial charge in [0.1, 0.15) is 34.5 Å². The Balaban J connectivity index is 1.69. The second-order valence-corrected chi connectivity index (χ2v) is 11.8. The minimum Gasteiger partial charge on any atom is -0.496 e. The monoisotopic (exact) mass is 826 g/mol. The Bertz CT molecular complexity index is 1340. The van der Waals surface area contributed by atoms with Crippen molar-refractivity contribution in [2.75, 3.05) is 41.7 Å². The molecule has 234 valence electrons. The summed E-state index contributed by atoms with van der Waals surface area (Å²) in [5.74, 6) is 3.62. The normalized spacial score (nSPS) is 12.2. The summed E-state index contributed by atoms with van der Waals surface area (Å²) in [5.41, 5.74) is 2.10. The molecule has 0 fully saturated rings. The van der Waals surface area contributed by atoms with Crippen molar-refractivity contribution in [2.45, 2.75) is 25.4 Å². The van der Waals surface area contributed by atoms with Crippen LogP contribution in [0.25, 0.3) is 0 Å². The molecule has 0 aliphatic heterocycles. The van der Waals surface area contributed by atoms with Crippen molar-refractivity contribution in [3.05, 3.63) is 103 Å². The van der Waals surface area contributed by atoms with Crippen molar-refractivity contribution in [1.29, 1.82) is 0 Å². The first-order valence-corrected chi connectivity index (χ1v) is 16.0. The van der Waals surface area contributed by atoms with Crippen LogP contribution in [-0.4, -0.2) is 53.9 Å². The Morgan fingerprint density at radius 1 is 0.500 bits per heavy atom. The van der Waals surface area contributed by atoms with E-state index in [1.54, 1.807) is 28.4 Å². The van der Waals surface area contributed by atoms with Crippen LogP contribution in [0.1, 0.15) is 11.1 Å². The first kappa shape index (κ1) is 33.9. The van der Waals surface area contributed by atoms with Crippen molar-refractivity contribution in [1.82, 2.24) is 0 Å². The summed E-state index contributed by atoms with van der Waals surface area (Å²) in [6, 6.07) is 27.3. The average molecular weight is 826 g/mol. The molecule has 10 heteroatoms. The van der Waals surface area contributed by atoms with E-state index in [0.29, 0.717) is 47.7 Å². The van der Waals surface area contributed by atoms with Crippen LogP contribution >= 0.6 is 45.2 Å². The molecule has 0 aliphatic rings. The van der Waals surface area contributed by atoms with Crippen molar-refractivity contribution in [2.24, 2.45) is 0 Å². The van der Waals surface area contributed by atoms with E-state index in [0.717, 1.165) is 18.3 Å². The predicted molar refractivity (Wildman–Crippen MR) is 186 cm³/mol. The third kappa shape index (κ3) is 9.53. The molecule has 4 aromatic rings. The molecule has 0 saturated heterocycles. The molecule has 4 aromatic carbocycles. The van der Waals surface area contributed by atoms with E-state index in [9.17, 15) is 0 Å². The van der Waals surface area contributed by atoms with E-state index in [-0.39, 0.29) is 13.2 Å². The fourth-order valence-corrected chi connectivity index (χ4v) is 5.61. The number of methoxy groups -OCH3 is 4. The quantitative estimate of drug-likeness (QED) is 0.101. The predicted octanol–water partition coefficient (Wildman–Crippen LogP) is 7.56. The number of hydrogen-bond acceptors (Lipinski definition) is 8. The van der Waals surface area contributed by atoms with Gasteiger partial charge >= 0.3 is 0 Å². The Morgan fingerprint density at radius 2 is 0.864 bits per heavy atom. The maximum atomic E-state index is 6.70. The maximum Gasteiger partial charge on any atom is 0.161 e. The van der Waals surface area contributed by atoms with Gasteiger partial charge in [0, 0.05) is 24.3 Å². The molecular weight excluding hydrogens is 790 g/mol. The summed E-state index contributed by atoms with van der Waals surface area (Å²) >= 11 is 4.42. The zero-order chi connectivity index (χ0) is 31.3. The summed E-state index contributed by atoms with van der Waals surface area (Å²) in [6.45, 7) is 1.23. The fraction of sp³-hybridized carbons (Fsp3) is 0.294.